The average molecular weight is 314 g/mol. The number of benzene rings is 1. The number of rotatable bonds is 1. The molecule has 1 aromatic carbocycles. The molecule has 0 bridgehead atoms. The van der Waals surface area contributed by atoms with Crippen LogP contribution in [0.15, 0.2) is 24.3 Å². The maximum atomic E-state index is 12.7. The van der Waals surface area contributed by atoms with Crippen LogP contribution in [0.25, 0.3) is 0 Å². The Morgan fingerprint density at radius 1 is 1.14 bits per heavy atom. The summed E-state index contributed by atoms with van der Waals surface area (Å²) in [5.41, 5.74) is -0.724. The Morgan fingerprint density at radius 2 is 1.86 bits per heavy atom. The smallest absolute Gasteiger partial charge is 0.416 e. The van der Waals surface area contributed by atoms with Gasteiger partial charge < -0.3 is 10.1 Å². The zero-order valence-corrected chi connectivity index (χ0v) is 11.9. The first-order chi connectivity index (χ1) is 10.4. The molecule has 2 saturated heterocycles. The number of cyclic esters (lactones) is 1. The summed E-state index contributed by atoms with van der Waals surface area (Å²) in [6, 6.07) is 4.69. The SMILES string of the molecule is O=C1OCC2(CCCNCC2)N1c1ccc(C(F)(F)F)cc1. The van der Waals surface area contributed by atoms with Gasteiger partial charge in [0.15, 0.2) is 0 Å². The number of anilines is 1. The second-order valence-electron chi connectivity index (χ2n) is 5.76. The first-order valence-electron chi connectivity index (χ1n) is 7.27. The van der Waals surface area contributed by atoms with Gasteiger partial charge in [0.2, 0.25) is 0 Å². The molecular weight excluding hydrogens is 297 g/mol. The number of halogens is 3. The molecular formula is C15H17F3N2O2. The van der Waals surface area contributed by atoms with Crippen molar-refractivity contribution >= 4 is 11.8 Å². The minimum Gasteiger partial charge on any atom is -0.447 e. The molecule has 22 heavy (non-hydrogen) atoms. The number of nitrogens with one attached hydrogen (secondary N) is 1. The molecule has 2 aliphatic heterocycles. The van der Waals surface area contributed by atoms with E-state index in [1.807, 2.05) is 0 Å². The molecule has 1 N–H and O–H groups in total. The maximum absolute atomic E-state index is 12.7. The van der Waals surface area contributed by atoms with Gasteiger partial charge in [-0.15, -0.1) is 0 Å². The van der Waals surface area contributed by atoms with E-state index in [9.17, 15) is 18.0 Å². The van der Waals surface area contributed by atoms with Crippen molar-refractivity contribution in [2.75, 3.05) is 24.6 Å². The van der Waals surface area contributed by atoms with Crippen molar-refractivity contribution in [3.63, 3.8) is 0 Å². The average Bonchev–Trinajstić information content (AvgIpc) is 2.64. The number of carbonyl (C=O) groups is 1. The van der Waals surface area contributed by atoms with E-state index in [1.165, 1.54) is 17.0 Å². The zero-order valence-electron chi connectivity index (χ0n) is 11.9. The van der Waals surface area contributed by atoms with Crippen molar-refractivity contribution in [3.8, 4) is 0 Å². The Balaban J connectivity index is 1.92. The highest BCUT2D eigenvalue weighted by atomic mass is 19.4. The summed E-state index contributed by atoms with van der Waals surface area (Å²) in [5.74, 6) is 0. The van der Waals surface area contributed by atoms with Gasteiger partial charge in [-0.3, -0.25) is 4.90 Å². The van der Waals surface area contributed by atoms with Gasteiger partial charge in [-0.1, -0.05) is 0 Å². The van der Waals surface area contributed by atoms with Gasteiger partial charge in [0, 0.05) is 5.69 Å². The van der Waals surface area contributed by atoms with Gasteiger partial charge in [0.25, 0.3) is 0 Å². The summed E-state index contributed by atoms with van der Waals surface area (Å²) >= 11 is 0. The molecule has 4 nitrogen and oxygen atoms in total. The number of amides is 1. The van der Waals surface area contributed by atoms with Crippen LogP contribution in [0.2, 0.25) is 0 Å². The molecule has 2 heterocycles. The third-order valence-electron chi connectivity index (χ3n) is 4.34. The van der Waals surface area contributed by atoms with Gasteiger partial charge in [0.05, 0.1) is 11.1 Å². The third-order valence-corrected chi connectivity index (χ3v) is 4.34. The summed E-state index contributed by atoms with van der Waals surface area (Å²) < 4.78 is 43.2. The molecule has 2 fully saturated rings. The number of alkyl halides is 3. The maximum Gasteiger partial charge on any atom is 0.416 e. The van der Waals surface area contributed by atoms with Gasteiger partial charge in [-0.25, -0.2) is 4.79 Å². The third kappa shape index (κ3) is 2.65. The Kier molecular flexibility index (Phi) is 3.76. The Bertz CT molecular complexity index is 549. The van der Waals surface area contributed by atoms with Crippen LogP contribution in [-0.2, 0) is 10.9 Å². The molecule has 1 atom stereocenters. The van der Waals surface area contributed by atoms with Crippen molar-refractivity contribution in [1.29, 1.82) is 0 Å². The van der Waals surface area contributed by atoms with Gasteiger partial charge in [-0.05, 0) is 56.6 Å². The molecule has 7 heteroatoms. The summed E-state index contributed by atoms with van der Waals surface area (Å²) in [5, 5.41) is 3.27. The minimum absolute atomic E-state index is 0.286. The molecule has 1 spiro atoms. The summed E-state index contributed by atoms with van der Waals surface area (Å²) in [6.45, 7) is 1.92. The molecule has 2 aliphatic rings. The quantitative estimate of drug-likeness (QED) is 0.865. The van der Waals surface area contributed by atoms with Crippen molar-refractivity contribution in [3.05, 3.63) is 29.8 Å². The number of nitrogens with zero attached hydrogens (tertiary/aromatic N) is 1. The molecule has 0 aromatic heterocycles. The van der Waals surface area contributed by atoms with E-state index >= 15 is 0 Å². The van der Waals surface area contributed by atoms with Crippen LogP contribution < -0.4 is 10.2 Å². The lowest BCUT2D eigenvalue weighted by Crippen LogP contribution is -2.48. The van der Waals surface area contributed by atoms with Crippen LogP contribution in [0, 0.1) is 0 Å². The molecule has 0 aliphatic carbocycles. The standard InChI is InChI=1S/C15H17F3N2O2/c16-15(17,18)11-2-4-12(5-3-11)20-13(21)22-10-14(20)6-1-8-19-9-7-14/h2-5,19H,1,6-10H2. The molecule has 1 unspecified atom stereocenters. The van der Waals surface area contributed by atoms with Crippen LogP contribution in [0.4, 0.5) is 23.7 Å². The van der Waals surface area contributed by atoms with E-state index in [4.69, 9.17) is 4.74 Å². The molecule has 1 aromatic rings. The fourth-order valence-electron chi connectivity index (χ4n) is 3.18. The lowest BCUT2D eigenvalue weighted by molar-refractivity contribution is -0.137. The Labute approximate surface area is 126 Å². The van der Waals surface area contributed by atoms with Crippen molar-refractivity contribution in [1.82, 2.24) is 5.32 Å². The van der Waals surface area contributed by atoms with E-state index < -0.39 is 23.4 Å². The van der Waals surface area contributed by atoms with Gasteiger partial charge >= 0.3 is 12.3 Å². The second-order valence-corrected chi connectivity index (χ2v) is 5.76. The summed E-state index contributed by atoms with van der Waals surface area (Å²) in [4.78, 5) is 13.6. The first-order valence-corrected chi connectivity index (χ1v) is 7.27. The van der Waals surface area contributed by atoms with Crippen LogP contribution >= 0.6 is 0 Å². The zero-order chi connectivity index (χ0) is 15.8. The topological polar surface area (TPSA) is 41.6 Å². The number of carbonyl (C=O) groups excluding carboxylic acids is 1. The number of hydrogen-bond acceptors (Lipinski definition) is 3. The van der Waals surface area contributed by atoms with Crippen molar-refractivity contribution < 1.29 is 22.7 Å². The normalized spacial score (nSPS) is 26.1. The number of ether oxygens (including phenoxy) is 1. The van der Waals surface area contributed by atoms with Crippen molar-refractivity contribution in [2.45, 2.75) is 31.0 Å². The van der Waals surface area contributed by atoms with Gasteiger partial charge in [0.1, 0.15) is 6.61 Å². The van der Waals surface area contributed by atoms with Gasteiger partial charge in [-0.2, -0.15) is 13.2 Å². The Morgan fingerprint density at radius 3 is 2.55 bits per heavy atom. The number of hydrogen-bond donors (Lipinski definition) is 1. The fourth-order valence-corrected chi connectivity index (χ4v) is 3.18. The Hall–Kier alpha value is -1.76. The predicted octanol–water partition coefficient (Wildman–Crippen LogP) is 3.17. The molecule has 0 saturated carbocycles. The van der Waals surface area contributed by atoms with E-state index in [0.29, 0.717) is 5.69 Å². The summed E-state index contributed by atoms with van der Waals surface area (Å²) in [6.07, 6.45) is -2.48. The van der Waals surface area contributed by atoms with Crippen LogP contribution in [0.1, 0.15) is 24.8 Å². The van der Waals surface area contributed by atoms with E-state index in [2.05, 4.69) is 5.32 Å². The monoisotopic (exact) mass is 314 g/mol. The van der Waals surface area contributed by atoms with Crippen molar-refractivity contribution in [2.24, 2.45) is 0 Å². The van der Waals surface area contributed by atoms with E-state index in [-0.39, 0.29) is 6.61 Å². The fraction of sp³-hybridized carbons (Fsp3) is 0.533. The molecule has 0 radical (unpaired) electrons. The van der Waals surface area contributed by atoms with Crippen LogP contribution in [0.3, 0.4) is 0 Å². The largest absolute Gasteiger partial charge is 0.447 e. The second kappa shape index (κ2) is 5.46. The molecule has 3 rings (SSSR count). The lowest BCUT2D eigenvalue weighted by atomic mass is 9.90. The summed E-state index contributed by atoms with van der Waals surface area (Å²) in [7, 11) is 0. The molecule has 1 amide bonds. The highest BCUT2D eigenvalue weighted by Crippen LogP contribution is 2.38. The molecule has 120 valence electrons. The lowest BCUT2D eigenvalue weighted by Gasteiger charge is -2.34. The van der Waals surface area contributed by atoms with E-state index in [1.54, 1.807) is 0 Å². The van der Waals surface area contributed by atoms with Crippen LogP contribution in [0.5, 0.6) is 0 Å². The predicted molar refractivity (Wildman–Crippen MR) is 74.7 cm³/mol. The first kappa shape index (κ1) is 15.1. The highest BCUT2D eigenvalue weighted by Gasteiger charge is 2.48. The highest BCUT2D eigenvalue weighted by molar-refractivity contribution is 5.91. The minimum atomic E-state index is -4.38. The van der Waals surface area contributed by atoms with E-state index in [0.717, 1.165) is 44.5 Å². The van der Waals surface area contributed by atoms with Crippen LogP contribution in [-0.4, -0.2) is 31.3 Å².